The van der Waals surface area contributed by atoms with Gasteiger partial charge in [0.1, 0.15) is 4.21 Å². The number of fused-ring (bicyclic) bond motifs is 1. The van der Waals surface area contributed by atoms with E-state index in [1.54, 1.807) is 23.1 Å². The van der Waals surface area contributed by atoms with Crippen LogP contribution in [0.2, 0.25) is 4.34 Å². The van der Waals surface area contributed by atoms with Crippen molar-refractivity contribution < 1.29 is 13.2 Å². The number of benzene rings is 1. The Morgan fingerprint density at radius 2 is 2.04 bits per heavy atom. The first-order valence-electron chi connectivity index (χ1n) is 7.66. The molecule has 2 aliphatic rings. The van der Waals surface area contributed by atoms with Crippen molar-refractivity contribution in [3.8, 4) is 0 Å². The van der Waals surface area contributed by atoms with Crippen molar-refractivity contribution in [3.05, 3.63) is 40.2 Å². The van der Waals surface area contributed by atoms with E-state index >= 15 is 0 Å². The van der Waals surface area contributed by atoms with Gasteiger partial charge in [0.2, 0.25) is 5.91 Å². The molecule has 1 aliphatic heterocycles. The second kappa shape index (κ2) is 5.75. The Bertz CT molecular complexity index is 919. The fourth-order valence-electron chi connectivity index (χ4n) is 2.87. The second-order valence-corrected chi connectivity index (χ2v) is 9.65. The van der Waals surface area contributed by atoms with Crippen molar-refractivity contribution in [2.45, 2.75) is 23.5 Å². The minimum atomic E-state index is -3.67. The predicted octanol–water partition coefficient (Wildman–Crippen LogP) is 3.50. The molecule has 2 aromatic rings. The number of halogens is 1. The summed E-state index contributed by atoms with van der Waals surface area (Å²) in [6.45, 7) is 0.668. The monoisotopic (exact) mass is 382 g/mol. The molecule has 1 aromatic heterocycles. The van der Waals surface area contributed by atoms with E-state index in [4.69, 9.17) is 11.6 Å². The van der Waals surface area contributed by atoms with E-state index in [0.29, 0.717) is 16.6 Å². The number of thiophene rings is 1. The van der Waals surface area contributed by atoms with Crippen LogP contribution in [-0.4, -0.2) is 20.9 Å². The van der Waals surface area contributed by atoms with Crippen LogP contribution < -0.4 is 9.62 Å². The Hall–Kier alpha value is -1.57. The molecule has 1 N–H and O–H groups in total. The van der Waals surface area contributed by atoms with E-state index in [1.807, 2.05) is 6.07 Å². The van der Waals surface area contributed by atoms with Crippen LogP contribution in [0, 0.1) is 5.92 Å². The van der Waals surface area contributed by atoms with Crippen LogP contribution in [0.15, 0.2) is 34.5 Å². The van der Waals surface area contributed by atoms with Crippen molar-refractivity contribution in [1.29, 1.82) is 0 Å². The van der Waals surface area contributed by atoms with Crippen molar-refractivity contribution in [2.75, 3.05) is 16.2 Å². The van der Waals surface area contributed by atoms with Gasteiger partial charge < -0.3 is 4.90 Å². The zero-order valence-electron chi connectivity index (χ0n) is 12.7. The SMILES string of the molecule is O=C(C1CC1)N1CCc2ccc(NS(=O)(=O)c3ccc(Cl)s3)cc21. The summed E-state index contributed by atoms with van der Waals surface area (Å²) in [5.41, 5.74) is 2.34. The minimum absolute atomic E-state index is 0.143. The maximum atomic E-state index is 12.4. The van der Waals surface area contributed by atoms with E-state index in [0.717, 1.165) is 41.9 Å². The van der Waals surface area contributed by atoms with Crippen LogP contribution in [0.1, 0.15) is 18.4 Å². The molecule has 1 fully saturated rings. The number of nitrogens with one attached hydrogen (secondary N) is 1. The predicted molar refractivity (Wildman–Crippen MR) is 95.4 cm³/mol. The summed E-state index contributed by atoms with van der Waals surface area (Å²) >= 11 is 6.83. The topological polar surface area (TPSA) is 66.5 Å². The zero-order valence-corrected chi connectivity index (χ0v) is 15.0. The normalized spacial score (nSPS) is 17.0. The molecule has 5 nitrogen and oxygen atoms in total. The van der Waals surface area contributed by atoms with Gasteiger partial charge in [-0.25, -0.2) is 8.42 Å². The summed E-state index contributed by atoms with van der Waals surface area (Å²) in [7, 11) is -3.67. The van der Waals surface area contributed by atoms with Gasteiger partial charge in [-0.15, -0.1) is 11.3 Å². The van der Waals surface area contributed by atoms with Gasteiger partial charge in [-0.1, -0.05) is 17.7 Å². The maximum absolute atomic E-state index is 12.4. The lowest BCUT2D eigenvalue weighted by Crippen LogP contribution is -2.30. The van der Waals surface area contributed by atoms with Crippen LogP contribution >= 0.6 is 22.9 Å². The zero-order chi connectivity index (χ0) is 16.9. The average molecular weight is 383 g/mol. The Labute approximate surface area is 149 Å². The number of hydrogen-bond acceptors (Lipinski definition) is 4. The standard InChI is InChI=1S/C16H15ClN2O3S2/c17-14-5-6-15(23-14)24(21,22)18-12-4-3-10-7-8-19(13(10)9-12)16(20)11-1-2-11/h3-6,9,11,18H,1-2,7-8H2. The molecular weight excluding hydrogens is 368 g/mol. The summed E-state index contributed by atoms with van der Waals surface area (Å²) in [6, 6.07) is 8.39. The smallest absolute Gasteiger partial charge is 0.271 e. The maximum Gasteiger partial charge on any atom is 0.271 e. The quantitative estimate of drug-likeness (QED) is 0.879. The van der Waals surface area contributed by atoms with Gasteiger partial charge >= 0.3 is 0 Å². The molecule has 8 heteroatoms. The number of carbonyl (C=O) groups excluding carboxylic acids is 1. The number of amides is 1. The van der Waals surface area contributed by atoms with Crippen LogP contribution in [0.25, 0.3) is 0 Å². The highest BCUT2D eigenvalue weighted by Crippen LogP contribution is 2.38. The summed E-state index contributed by atoms with van der Waals surface area (Å²) in [5.74, 6) is 0.295. The highest BCUT2D eigenvalue weighted by Gasteiger charge is 2.36. The summed E-state index contributed by atoms with van der Waals surface area (Å²) < 4.78 is 28.0. The van der Waals surface area contributed by atoms with Crippen molar-refractivity contribution in [3.63, 3.8) is 0 Å². The largest absolute Gasteiger partial charge is 0.312 e. The van der Waals surface area contributed by atoms with Crippen LogP contribution in [-0.2, 0) is 21.2 Å². The van der Waals surface area contributed by atoms with Gasteiger partial charge in [0.05, 0.1) is 10.0 Å². The lowest BCUT2D eigenvalue weighted by atomic mass is 10.1. The van der Waals surface area contributed by atoms with Crippen LogP contribution in [0.4, 0.5) is 11.4 Å². The molecule has 1 aromatic carbocycles. The molecule has 1 amide bonds. The van der Waals surface area contributed by atoms with Gasteiger partial charge in [0.15, 0.2) is 0 Å². The number of hydrogen-bond donors (Lipinski definition) is 1. The van der Waals surface area contributed by atoms with Gasteiger partial charge in [0.25, 0.3) is 10.0 Å². The Kier molecular flexibility index (Phi) is 3.82. The molecule has 0 radical (unpaired) electrons. The van der Waals surface area contributed by atoms with E-state index in [-0.39, 0.29) is 16.0 Å². The summed E-state index contributed by atoms with van der Waals surface area (Å²) in [4.78, 5) is 14.1. The molecular formula is C16H15ClN2O3S2. The average Bonchev–Trinajstić information content (AvgIpc) is 3.16. The summed E-state index contributed by atoms with van der Waals surface area (Å²) in [5, 5.41) is 0. The molecule has 1 aliphatic carbocycles. The molecule has 126 valence electrons. The second-order valence-electron chi connectivity index (χ2n) is 6.02. The molecule has 0 unspecified atom stereocenters. The number of carbonyl (C=O) groups is 1. The first-order valence-corrected chi connectivity index (χ1v) is 10.3. The fraction of sp³-hybridized carbons (Fsp3) is 0.312. The summed E-state index contributed by atoms with van der Waals surface area (Å²) in [6.07, 6.45) is 2.72. The Balaban J connectivity index is 1.61. The van der Waals surface area contributed by atoms with Gasteiger partial charge in [-0.05, 0) is 49.1 Å². The lowest BCUT2D eigenvalue weighted by Gasteiger charge is -2.18. The molecule has 0 saturated heterocycles. The van der Waals surface area contributed by atoms with E-state index in [9.17, 15) is 13.2 Å². The highest BCUT2D eigenvalue weighted by molar-refractivity contribution is 7.94. The number of nitrogens with zero attached hydrogens (tertiary/aromatic N) is 1. The third kappa shape index (κ3) is 2.92. The minimum Gasteiger partial charge on any atom is -0.312 e. The van der Waals surface area contributed by atoms with Gasteiger partial charge in [0, 0.05) is 18.2 Å². The molecule has 1 saturated carbocycles. The third-order valence-electron chi connectivity index (χ3n) is 4.24. The first kappa shape index (κ1) is 15.9. The van der Waals surface area contributed by atoms with Gasteiger partial charge in [-0.3, -0.25) is 9.52 Å². The first-order chi connectivity index (χ1) is 11.4. The van der Waals surface area contributed by atoms with E-state index in [2.05, 4.69) is 4.72 Å². The number of rotatable bonds is 4. The van der Waals surface area contributed by atoms with Crippen LogP contribution in [0.3, 0.4) is 0 Å². The van der Waals surface area contributed by atoms with E-state index < -0.39 is 10.0 Å². The number of anilines is 2. The van der Waals surface area contributed by atoms with Crippen molar-refractivity contribution >= 4 is 50.2 Å². The van der Waals surface area contributed by atoms with E-state index in [1.165, 1.54) is 6.07 Å². The molecule has 0 spiro atoms. The molecule has 0 bridgehead atoms. The highest BCUT2D eigenvalue weighted by atomic mass is 35.5. The molecule has 24 heavy (non-hydrogen) atoms. The van der Waals surface area contributed by atoms with Gasteiger partial charge in [-0.2, -0.15) is 0 Å². The molecule has 2 heterocycles. The molecule has 0 atom stereocenters. The Morgan fingerprint density at radius 3 is 2.71 bits per heavy atom. The fourth-order valence-corrected chi connectivity index (χ4v) is 5.40. The van der Waals surface area contributed by atoms with Crippen LogP contribution in [0.5, 0.6) is 0 Å². The number of sulfonamides is 1. The van der Waals surface area contributed by atoms with Crippen molar-refractivity contribution in [2.24, 2.45) is 5.92 Å². The third-order valence-corrected chi connectivity index (χ3v) is 7.34. The lowest BCUT2D eigenvalue weighted by molar-refractivity contribution is -0.119. The Morgan fingerprint density at radius 1 is 1.25 bits per heavy atom. The molecule has 4 rings (SSSR count). The van der Waals surface area contributed by atoms with Crippen molar-refractivity contribution in [1.82, 2.24) is 0 Å².